The summed E-state index contributed by atoms with van der Waals surface area (Å²) in [4.78, 5) is 2.56. The molecule has 2 heteroatoms. The van der Waals surface area contributed by atoms with E-state index >= 15 is 0 Å². The van der Waals surface area contributed by atoms with Crippen molar-refractivity contribution in [3.8, 4) is 44.5 Å². The van der Waals surface area contributed by atoms with E-state index in [9.17, 15) is 0 Å². The summed E-state index contributed by atoms with van der Waals surface area (Å²) in [6, 6.07) is 98.4. The maximum absolute atomic E-state index is 2.58. The zero-order valence-corrected chi connectivity index (χ0v) is 40.5. The first-order valence-corrected chi connectivity index (χ1v) is 26.1. The van der Waals surface area contributed by atoms with Crippen LogP contribution in [-0.4, -0.2) is 0 Å². The van der Waals surface area contributed by atoms with E-state index in [0.29, 0.717) is 0 Å². The van der Waals surface area contributed by atoms with Gasteiger partial charge >= 0.3 is 0 Å². The number of anilines is 3. The molecule has 2 aliphatic carbocycles. The van der Waals surface area contributed by atoms with Crippen LogP contribution in [0.2, 0.25) is 0 Å². The van der Waals surface area contributed by atoms with Crippen LogP contribution in [0.4, 0.5) is 17.1 Å². The lowest BCUT2D eigenvalue weighted by atomic mass is 9.70. The van der Waals surface area contributed by atoms with Crippen molar-refractivity contribution in [3.63, 3.8) is 0 Å². The Labute approximate surface area is 427 Å². The molecule has 0 amide bonds. The molecule has 73 heavy (non-hydrogen) atoms. The van der Waals surface area contributed by atoms with Crippen LogP contribution in [0.3, 0.4) is 0 Å². The highest BCUT2D eigenvalue weighted by Gasteiger charge is 2.52. The van der Waals surface area contributed by atoms with Crippen LogP contribution in [0.25, 0.3) is 108 Å². The molecule has 338 valence electrons. The van der Waals surface area contributed by atoms with Crippen LogP contribution >= 0.6 is 11.3 Å². The van der Waals surface area contributed by atoms with Crippen molar-refractivity contribution >= 4 is 91.7 Å². The van der Waals surface area contributed by atoms with Crippen molar-refractivity contribution < 1.29 is 0 Å². The standard InChI is InChI=1S/C71H43NS/c1-2-16-46-39-47(30-29-44(46)15-1)45-31-34-49(35-32-45)72(50-36-37-55-53-19-4-3-17-51(53)52-18-5-6-20-54(52)61(55)41-50)68-43-67-62(42-60(68)48-33-38-70-63(40-48)59-24-10-14-28-69(59)73-70)58-23-9-13-27-66(58)71(67)64-25-11-7-21-56(64)57-22-8-12-26-65(57)71/h1-43H. The van der Waals surface area contributed by atoms with E-state index in [4.69, 9.17) is 0 Å². The molecule has 0 saturated heterocycles. The van der Waals surface area contributed by atoms with Crippen molar-refractivity contribution in [2.24, 2.45) is 0 Å². The highest BCUT2D eigenvalue weighted by molar-refractivity contribution is 7.25. The number of thiophene rings is 1. The van der Waals surface area contributed by atoms with E-state index in [1.807, 2.05) is 11.3 Å². The van der Waals surface area contributed by atoms with Crippen LogP contribution in [-0.2, 0) is 5.41 Å². The van der Waals surface area contributed by atoms with Crippen molar-refractivity contribution in [2.75, 3.05) is 4.90 Å². The summed E-state index contributed by atoms with van der Waals surface area (Å²) < 4.78 is 2.60. The smallest absolute Gasteiger partial charge is 0.0726 e. The maximum Gasteiger partial charge on any atom is 0.0726 e. The molecular weight excluding hydrogens is 899 g/mol. The fourth-order valence-electron chi connectivity index (χ4n) is 13.1. The van der Waals surface area contributed by atoms with Crippen molar-refractivity contribution in [1.29, 1.82) is 0 Å². The molecule has 13 aromatic carbocycles. The van der Waals surface area contributed by atoms with E-state index in [1.165, 1.54) is 130 Å². The maximum atomic E-state index is 2.58. The Bertz CT molecular complexity index is 4550. The Kier molecular flexibility index (Phi) is 8.60. The molecule has 0 radical (unpaired) electrons. The first-order chi connectivity index (χ1) is 36.2. The van der Waals surface area contributed by atoms with Crippen molar-refractivity contribution in [3.05, 3.63) is 283 Å². The minimum atomic E-state index is -0.524. The zero-order valence-electron chi connectivity index (χ0n) is 39.7. The molecule has 0 N–H and O–H groups in total. The van der Waals surface area contributed by atoms with E-state index in [-0.39, 0.29) is 0 Å². The molecule has 1 heterocycles. The summed E-state index contributed by atoms with van der Waals surface area (Å²) in [6.07, 6.45) is 0. The summed E-state index contributed by atoms with van der Waals surface area (Å²) in [5.74, 6) is 0. The monoisotopic (exact) mass is 941 g/mol. The second kappa shape index (κ2) is 15.5. The van der Waals surface area contributed by atoms with Gasteiger partial charge in [0.2, 0.25) is 0 Å². The number of hydrogen-bond acceptors (Lipinski definition) is 2. The molecule has 16 rings (SSSR count). The fraction of sp³-hybridized carbons (Fsp3) is 0.0141. The van der Waals surface area contributed by atoms with Gasteiger partial charge in [0.15, 0.2) is 0 Å². The highest BCUT2D eigenvalue weighted by Crippen LogP contribution is 2.64. The number of hydrogen-bond donors (Lipinski definition) is 0. The third-order valence-corrected chi connectivity index (χ3v) is 17.4. The van der Waals surface area contributed by atoms with Gasteiger partial charge < -0.3 is 4.90 Å². The molecule has 1 aromatic heterocycles. The van der Waals surface area contributed by atoms with E-state index in [0.717, 1.165) is 17.1 Å². The van der Waals surface area contributed by atoms with E-state index in [2.05, 4.69) is 266 Å². The van der Waals surface area contributed by atoms with Gasteiger partial charge in [-0.3, -0.25) is 0 Å². The fourth-order valence-corrected chi connectivity index (χ4v) is 14.2. The number of nitrogens with zero attached hydrogens (tertiary/aromatic N) is 1. The summed E-state index contributed by atoms with van der Waals surface area (Å²) in [6.45, 7) is 0. The second-order valence-corrected chi connectivity index (χ2v) is 21.0. The molecule has 14 aromatic rings. The lowest BCUT2D eigenvalue weighted by Crippen LogP contribution is -2.26. The van der Waals surface area contributed by atoms with Gasteiger partial charge in [0.25, 0.3) is 0 Å². The highest BCUT2D eigenvalue weighted by atomic mass is 32.1. The van der Waals surface area contributed by atoms with Crippen molar-refractivity contribution in [1.82, 2.24) is 0 Å². The van der Waals surface area contributed by atoms with Gasteiger partial charge in [0.05, 0.1) is 11.1 Å². The predicted molar refractivity (Wildman–Crippen MR) is 311 cm³/mol. The number of fused-ring (bicyclic) bond motifs is 20. The van der Waals surface area contributed by atoms with E-state index < -0.39 is 5.41 Å². The average molecular weight is 942 g/mol. The SMILES string of the molecule is c1ccc2c(c1)-c1ccccc1C21c2ccccc2-c2cc(-c3ccc4sc5ccccc5c4c3)c(N(c3ccc(-c4ccc5ccccc5c4)cc3)c3ccc4c5ccccc5c5ccccc5c4c3)cc21. The Morgan fingerprint density at radius 3 is 1.45 bits per heavy atom. The molecule has 0 unspecified atom stereocenters. The Morgan fingerprint density at radius 2 is 0.767 bits per heavy atom. The van der Waals surface area contributed by atoms with Gasteiger partial charge in [-0.2, -0.15) is 0 Å². The molecule has 0 fully saturated rings. The molecule has 0 atom stereocenters. The molecule has 0 bridgehead atoms. The van der Waals surface area contributed by atoms with Crippen LogP contribution in [0.1, 0.15) is 22.3 Å². The predicted octanol–water partition coefficient (Wildman–Crippen LogP) is 19.8. The lowest BCUT2D eigenvalue weighted by Gasteiger charge is -2.33. The number of rotatable bonds is 5. The molecule has 0 saturated carbocycles. The van der Waals surface area contributed by atoms with E-state index in [1.54, 1.807) is 0 Å². The van der Waals surface area contributed by atoms with Gasteiger partial charge in [-0.15, -0.1) is 11.3 Å². The molecular formula is C71H43NS. The Morgan fingerprint density at radius 1 is 0.260 bits per heavy atom. The second-order valence-electron chi connectivity index (χ2n) is 19.9. The largest absolute Gasteiger partial charge is 0.310 e. The van der Waals surface area contributed by atoms with Crippen LogP contribution in [0.5, 0.6) is 0 Å². The first-order valence-electron chi connectivity index (χ1n) is 25.3. The van der Waals surface area contributed by atoms with Gasteiger partial charge in [0.1, 0.15) is 0 Å². The molecule has 2 aliphatic rings. The Hall–Kier alpha value is -9.08. The quantitative estimate of drug-likeness (QED) is 0.155. The van der Waals surface area contributed by atoms with Gasteiger partial charge in [0, 0.05) is 37.1 Å². The molecule has 1 nitrogen and oxygen atoms in total. The minimum absolute atomic E-state index is 0.524. The summed E-state index contributed by atoms with van der Waals surface area (Å²) >= 11 is 1.87. The molecule has 1 spiro atoms. The van der Waals surface area contributed by atoms with Crippen molar-refractivity contribution in [2.45, 2.75) is 5.41 Å². The first kappa shape index (κ1) is 40.6. The van der Waals surface area contributed by atoms with Gasteiger partial charge in [-0.1, -0.05) is 200 Å². The lowest BCUT2D eigenvalue weighted by molar-refractivity contribution is 0.794. The Balaban J connectivity index is 1.02. The summed E-state index contributed by atoms with van der Waals surface area (Å²) in [5.41, 5.74) is 18.0. The van der Waals surface area contributed by atoms with Gasteiger partial charge in [-0.25, -0.2) is 0 Å². The van der Waals surface area contributed by atoms with Crippen LogP contribution < -0.4 is 4.90 Å². The third kappa shape index (κ3) is 5.78. The topological polar surface area (TPSA) is 3.24 Å². The molecule has 0 aliphatic heterocycles. The summed E-state index contributed by atoms with van der Waals surface area (Å²) in [7, 11) is 0. The van der Waals surface area contributed by atoms with Gasteiger partial charge in [-0.05, 0) is 165 Å². The van der Waals surface area contributed by atoms with Crippen LogP contribution in [0.15, 0.2) is 261 Å². The third-order valence-electron chi connectivity index (χ3n) is 16.2. The zero-order chi connectivity index (χ0) is 47.8. The summed E-state index contributed by atoms with van der Waals surface area (Å²) in [5, 5.41) is 12.6. The van der Waals surface area contributed by atoms with Crippen LogP contribution in [0, 0.1) is 0 Å². The number of benzene rings is 13. The normalized spacial score (nSPS) is 13.0. The average Bonchev–Trinajstić information content (AvgIpc) is 4.09. The minimum Gasteiger partial charge on any atom is -0.310 e.